The highest BCUT2D eigenvalue weighted by Gasteiger charge is 2.51. The van der Waals surface area contributed by atoms with Crippen LogP contribution in [0.4, 0.5) is 16.3 Å². The van der Waals surface area contributed by atoms with Crippen molar-refractivity contribution >= 4 is 29.4 Å². The lowest BCUT2D eigenvalue weighted by Crippen LogP contribution is -2.48. The van der Waals surface area contributed by atoms with Crippen molar-refractivity contribution in [3.63, 3.8) is 0 Å². The van der Waals surface area contributed by atoms with Gasteiger partial charge in [0.25, 0.3) is 5.91 Å². The molecule has 4 rings (SSSR count). The minimum atomic E-state index is -0.814. The Balaban J connectivity index is 1.35. The topological polar surface area (TPSA) is 104 Å². The number of amides is 4. The molecule has 0 radical (unpaired) electrons. The van der Waals surface area contributed by atoms with Gasteiger partial charge in [0.05, 0.1) is 24.1 Å². The number of ether oxygens (including phenoxy) is 1. The van der Waals surface area contributed by atoms with Crippen LogP contribution in [0.25, 0.3) is 0 Å². The maximum absolute atomic E-state index is 12.8. The average Bonchev–Trinajstić information content (AvgIpc) is 2.92. The van der Waals surface area contributed by atoms with Crippen LogP contribution < -0.4 is 15.5 Å². The number of carbonyl (C=O) groups excluding carboxylic acids is 3. The van der Waals surface area contributed by atoms with E-state index in [2.05, 4.69) is 20.5 Å². The highest BCUT2D eigenvalue weighted by atomic mass is 16.5. The summed E-state index contributed by atoms with van der Waals surface area (Å²) in [6.45, 7) is 5.29. The van der Waals surface area contributed by atoms with Crippen molar-refractivity contribution in [1.82, 2.24) is 15.2 Å². The number of anilines is 2. The van der Waals surface area contributed by atoms with Crippen molar-refractivity contribution in [2.45, 2.75) is 63.7 Å². The van der Waals surface area contributed by atoms with Crippen LogP contribution in [-0.2, 0) is 14.3 Å². The van der Waals surface area contributed by atoms with Crippen LogP contribution >= 0.6 is 0 Å². The number of hydrogen-bond donors (Lipinski definition) is 2. The van der Waals surface area contributed by atoms with Gasteiger partial charge in [-0.2, -0.15) is 0 Å². The summed E-state index contributed by atoms with van der Waals surface area (Å²) in [5.74, 6) is 0.115. The van der Waals surface area contributed by atoms with Gasteiger partial charge in [0.15, 0.2) is 0 Å². The number of nitrogens with one attached hydrogen (secondary N) is 2. The SMILES string of the molecule is CC1CN(c2ccc(NC(=O)CN3C(=O)NC4(CCCCC4)C3=O)cn2)CC(C)O1. The second-order valence-electron chi connectivity index (χ2n) is 8.58. The van der Waals surface area contributed by atoms with Gasteiger partial charge in [0.2, 0.25) is 5.91 Å². The smallest absolute Gasteiger partial charge is 0.325 e. The zero-order valence-corrected chi connectivity index (χ0v) is 17.5. The summed E-state index contributed by atoms with van der Waals surface area (Å²) in [6.07, 6.45) is 6.01. The van der Waals surface area contributed by atoms with Gasteiger partial charge in [-0.25, -0.2) is 9.78 Å². The normalized spacial score (nSPS) is 26.1. The Morgan fingerprint density at radius 2 is 1.90 bits per heavy atom. The molecule has 2 unspecified atom stereocenters. The highest BCUT2D eigenvalue weighted by molar-refractivity contribution is 6.10. The van der Waals surface area contributed by atoms with Crippen LogP contribution in [0.1, 0.15) is 46.0 Å². The van der Waals surface area contributed by atoms with Gasteiger partial charge in [0.1, 0.15) is 17.9 Å². The second kappa shape index (κ2) is 8.22. The maximum atomic E-state index is 12.8. The molecule has 3 aliphatic rings. The summed E-state index contributed by atoms with van der Waals surface area (Å²) >= 11 is 0. The number of aromatic nitrogens is 1. The number of pyridine rings is 1. The molecule has 9 heteroatoms. The van der Waals surface area contributed by atoms with Crippen molar-refractivity contribution < 1.29 is 19.1 Å². The number of carbonyl (C=O) groups is 3. The minimum Gasteiger partial charge on any atom is -0.372 e. The monoisotopic (exact) mass is 415 g/mol. The van der Waals surface area contributed by atoms with E-state index in [1.807, 2.05) is 19.9 Å². The fourth-order valence-corrected chi connectivity index (χ4v) is 4.67. The molecule has 1 spiro atoms. The molecular formula is C21H29N5O4. The molecule has 0 aromatic carbocycles. The van der Waals surface area contributed by atoms with Crippen LogP contribution in [0.15, 0.2) is 18.3 Å². The van der Waals surface area contributed by atoms with Gasteiger partial charge in [-0.1, -0.05) is 19.3 Å². The molecule has 1 aromatic rings. The van der Waals surface area contributed by atoms with E-state index in [-0.39, 0.29) is 24.7 Å². The molecule has 0 bridgehead atoms. The first-order chi connectivity index (χ1) is 14.4. The molecular weight excluding hydrogens is 386 g/mol. The molecule has 1 aromatic heterocycles. The van der Waals surface area contributed by atoms with E-state index in [0.717, 1.165) is 43.1 Å². The average molecular weight is 415 g/mol. The number of imide groups is 1. The Kier molecular flexibility index (Phi) is 5.64. The first-order valence-electron chi connectivity index (χ1n) is 10.7. The van der Waals surface area contributed by atoms with Crippen molar-refractivity contribution in [2.24, 2.45) is 0 Å². The summed E-state index contributed by atoms with van der Waals surface area (Å²) in [7, 11) is 0. The molecule has 1 aliphatic carbocycles. The lowest BCUT2D eigenvalue weighted by molar-refractivity contribution is -0.134. The third-order valence-corrected chi connectivity index (χ3v) is 6.03. The first-order valence-corrected chi connectivity index (χ1v) is 10.7. The van der Waals surface area contributed by atoms with E-state index in [4.69, 9.17) is 4.74 Å². The summed E-state index contributed by atoms with van der Waals surface area (Å²) < 4.78 is 5.75. The Morgan fingerprint density at radius 3 is 2.53 bits per heavy atom. The van der Waals surface area contributed by atoms with Gasteiger partial charge >= 0.3 is 6.03 Å². The van der Waals surface area contributed by atoms with Gasteiger partial charge in [-0.15, -0.1) is 0 Å². The zero-order valence-electron chi connectivity index (χ0n) is 17.5. The van der Waals surface area contributed by atoms with Gasteiger partial charge in [-0.3, -0.25) is 14.5 Å². The fraction of sp³-hybridized carbons (Fsp3) is 0.619. The predicted molar refractivity (Wildman–Crippen MR) is 111 cm³/mol. The Bertz CT molecular complexity index is 811. The van der Waals surface area contributed by atoms with Crippen molar-refractivity contribution in [1.29, 1.82) is 0 Å². The number of urea groups is 1. The van der Waals surface area contributed by atoms with Crippen LogP contribution in [0.3, 0.4) is 0 Å². The summed E-state index contributed by atoms with van der Waals surface area (Å²) in [4.78, 5) is 45.2. The quantitative estimate of drug-likeness (QED) is 0.728. The molecule has 2 N–H and O–H groups in total. The number of morpholine rings is 1. The lowest BCUT2D eigenvalue weighted by Gasteiger charge is -2.36. The summed E-state index contributed by atoms with van der Waals surface area (Å²) in [5.41, 5.74) is -0.289. The molecule has 2 atom stereocenters. The van der Waals surface area contributed by atoms with E-state index in [1.54, 1.807) is 12.3 Å². The van der Waals surface area contributed by atoms with Crippen LogP contribution in [-0.4, -0.2) is 65.1 Å². The number of hydrogen-bond acceptors (Lipinski definition) is 6. The van der Waals surface area contributed by atoms with E-state index in [9.17, 15) is 14.4 Å². The molecule has 2 saturated heterocycles. The van der Waals surface area contributed by atoms with E-state index < -0.39 is 17.5 Å². The Hall–Kier alpha value is -2.68. The largest absolute Gasteiger partial charge is 0.372 e. The molecule has 4 amide bonds. The number of rotatable bonds is 4. The molecule has 2 aliphatic heterocycles. The van der Waals surface area contributed by atoms with Gasteiger partial charge < -0.3 is 20.3 Å². The summed E-state index contributed by atoms with van der Waals surface area (Å²) in [6, 6.07) is 3.14. The molecule has 162 valence electrons. The van der Waals surface area contributed by atoms with E-state index in [0.29, 0.717) is 18.5 Å². The van der Waals surface area contributed by atoms with Crippen molar-refractivity contribution in [3.05, 3.63) is 18.3 Å². The molecule has 30 heavy (non-hydrogen) atoms. The van der Waals surface area contributed by atoms with Crippen LogP contribution in [0.2, 0.25) is 0 Å². The van der Waals surface area contributed by atoms with E-state index >= 15 is 0 Å². The van der Waals surface area contributed by atoms with E-state index in [1.165, 1.54) is 0 Å². The van der Waals surface area contributed by atoms with Crippen LogP contribution in [0, 0.1) is 0 Å². The standard InChI is InChI=1S/C21H29N5O4/c1-14-11-25(12-15(2)30-14)17-7-6-16(10-22-17)23-18(27)13-26-19(28)21(24-20(26)29)8-4-3-5-9-21/h6-7,10,14-15H,3-5,8-9,11-13H2,1-2H3,(H,23,27)(H,24,29). The second-order valence-corrected chi connectivity index (χ2v) is 8.58. The molecule has 9 nitrogen and oxygen atoms in total. The summed E-state index contributed by atoms with van der Waals surface area (Å²) in [5, 5.41) is 5.55. The number of nitrogens with zero attached hydrogens (tertiary/aromatic N) is 3. The third-order valence-electron chi connectivity index (χ3n) is 6.03. The van der Waals surface area contributed by atoms with Crippen LogP contribution in [0.5, 0.6) is 0 Å². The Labute approximate surface area is 176 Å². The molecule has 1 saturated carbocycles. The molecule has 3 fully saturated rings. The third kappa shape index (κ3) is 4.12. The van der Waals surface area contributed by atoms with Crippen molar-refractivity contribution in [2.75, 3.05) is 29.9 Å². The minimum absolute atomic E-state index is 0.131. The Morgan fingerprint density at radius 1 is 1.20 bits per heavy atom. The van der Waals surface area contributed by atoms with Gasteiger partial charge in [-0.05, 0) is 38.8 Å². The maximum Gasteiger partial charge on any atom is 0.325 e. The molecule has 3 heterocycles. The predicted octanol–water partition coefficient (Wildman–Crippen LogP) is 1.89. The van der Waals surface area contributed by atoms with Gasteiger partial charge in [0, 0.05) is 13.1 Å². The first kappa shape index (κ1) is 20.6. The fourth-order valence-electron chi connectivity index (χ4n) is 4.67. The van der Waals surface area contributed by atoms with Crippen molar-refractivity contribution in [3.8, 4) is 0 Å². The zero-order chi connectivity index (χ0) is 21.3. The highest BCUT2D eigenvalue weighted by Crippen LogP contribution is 2.33. The lowest BCUT2D eigenvalue weighted by atomic mass is 9.82.